The normalized spacial score (nSPS) is 23.2. The largest absolute Gasteiger partial charge is 0.492 e. The van der Waals surface area contributed by atoms with Gasteiger partial charge >= 0.3 is 0 Å². The van der Waals surface area contributed by atoms with E-state index in [1.165, 1.54) is 9.75 Å². The minimum absolute atomic E-state index is 0.233. The Hall–Kier alpha value is -1.33. The summed E-state index contributed by atoms with van der Waals surface area (Å²) >= 11 is 5.36. The first-order valence-corrected chi connectivity index (χ1v) is 9.27. The molecule has 1 atom stereocenters. The highest BCUT2D eigenvalue weighted by Crippen LogP contribution is 2.42. The van der Waals surface area contributed by atoms with Crippen LogP contribution in [-0.2, 0) is 27.3 Å². The molecule has 3 nitrogen and oxygen atoms in total. The molecule has 0 saturated carbocycles. The van der Waals surface area contributed by atoms with Gasteiger partial charge in [-0.3, -0.25) is 4.79 Å². The van der Waals surface area contributed by atoms with Crippen LogP contribution in [0, 0.1) is 5.41 Å². The Balaban J connectivity index is 1.68. The van der Waals surface area contributed by atoms with Gasteiger partial charge in [0.1, 0.15) is 31.0 Å². The van der Waals surface area contributed by atoms with Crippen molar-refractivity contribution in [2.75, 3.05) is 6.61 Å². The number of halogens is 1. The zero-order chi connectivity index (χ0) is 16.4. The Kier molecular flexibility index (Phi) is 4.78. The third-order valence-corrected chi connectivity index (χ3v) is 6.35. The van der Waals surface area contributed by atoms with Crippen molar-refractivity contribution in [3.8, 4) is 0 Å². The molecule has 122 valence electrons. The van der Waals surface area contributed by atoms with Gasteiger partial charge in [0.25, 0.3) is 0 Å². The lowest BCUT2D eigenvalue weighted by molar-refractivity contribution is -0.105. The monoisotopic (exact) mass is 394 g/mol. The van der Waals surface area contributed by atoms with E-state index in [4.69, 9.17) is 9.47 Å². The topological polar surface area (TPSA) is 35.5 Å². The SMILES string of the molecule is CCc1sc(COC2=CCC3(C)C=C(C=O)COC3=C2)cc1Br. The second kappa shape index (κ2) is 6.65. The minimum Gasteiger partial charge on any atom is -0.492 e. The van der Waals surface area contributed by atoms with Gasteiger partial charge in [-0.05, 0) is 47.8 Å². The molecule has 0 amide bonds. The molecule has 1 aromatic rings. The van der Waals surface area contributed by atoms with Gasteiger partial charge in [-0.1, -0.05) is 13.0 Å². The van der Waals surface area contributed by atoms with Crippen molar-refractivity contribution < 1.29 is 14.3 Å². The molecule has 2 aliphatic rings. The number of allylic oxidation sites excluding steroid dienone is 3. The first kappa shape index (κ1) is 16.5. The number of rotatable bonds is 5. The van der Waals surface area contributed by atoms with Crippen molar-refractivity contribution in [1.29, 1.82) is 0 Å². The summed E-state index contributed by atoms with van der Waals surface area (Å²) in [5.41, 5.74) is 0.473. The molecular formula is C18H19BrO3S. The summed E-state index contributed by atoms with van der Waals surface area (Å²) in [5.74, 6) is 1.71. The highest BCUT2D eigenvalue weighted by atomic mass is 79.9. The van der Waals surface area contributed by atoms with Crippen LogP contribution in [0.1, 0.15) is 30.0 Å². The maximum atomic E-state index is 10.9. The Bertz CT molecular complexity index is 714. The molecule has 0 spiro atoms. The summed E-state index contributed by atoms with van der Waals surface area (Å²) < 4.78 is 12.8. The van der Waals surface area contributed by atoms with Crippen molar-refractivity contribution in [2.45, 2.75) is 33.3 Å². The first-order chi connectivity index (χ1) is 11.0. The second-order valence-electron chi connectivity index (χ2n) is 5.99. The molecule has 1 aliphatic carbocycles. The van der Waals surface area contributed by atoms with Crippen LogP contribution in [0.2, 0.25) is 0 Å². The number of aryl methyl sites for hydroxylation is 1. The van der Waals surface area contributed by atoms with E-state index in [9.17, 15) is 4.79 Å². The summed E-state index contributed by atoms with van der Waals surface area (Å²) in [6.07, 6.45) is 8.70. The molecule has 1 aliphatic heterocycles. The van der Waals surface area contributed by atoms with Crippen LogP contribution in [0.5, 0.6) is 0 Å². The Labute approximate surface area is 148 Å². The first-order valence-electron chi connectivity index (χ1n) is 7.66. The van der Waals surface area contributed by atoms with Gasteiger partial charge < -0.3 is 9.47 Å². The fourth-order valence-corrected chi connectivity index (χ4v) is 4.67. The van der Waals surface area contributed by atoms with E-state index >= 15 is 0 Å². The van der Waals surface area contributed by atoms with Crippen molar-refractivity contribution in [1.82, 2.24) is 0 Å². The quantitative estimate of drug-likeness (QED) is 0.664. The standard InChI is InChI=1S/C18H19BrO3S/c1-3-16-15(19)7-14(23-16)11-21-13-4-5-18(2)8-12(9-20)10-22-17(18)6-13/h4,6-9H,3,5,10-11H2,1-2H3. The summed E-state index contributed by atoms with van der Waals surface area (Å²) in [6.45, 7) is 5.14. The molecule has 0 saturated heterocycles. The summed E-state index contributed by atoms with van der Waals surface area (Å²) in [4.78, 5) is 13.5. The summed E-state index contributed by atoms with van der Waals surface area (Å²) in [5, 5.41) is 0. The Morgan fingerprint density at radius 3 is 3.04 bits per heavy atom. The van der Waals surface area contributed by atoms with E-state index in [0.29, 0.717) is 18.8 Å². The average Bonchev–Trinajstić information content (AvgIpc) is 2.92. The van der Waals surface area contributed by atoms with E-state index < -0.39 is 0 Å². The zero-order valence-corrected chi connectivity index (χ0v) is 15.6. The van der Waals surface area contributed by atoms with E-state index in [0.717, 1.165) is 35.1 Å². The third-order valence-electron chi connectivity index (χ3n) is 4.12. The van der Waals surface area contributed by atoms with Gasteiger partial charge in [0.05, 0.1) is 0 Å². The van der Waals surface area contributed by atoms with Crippen LogP contribution in [-0.4, -0.2) is 12.9 Å². The molecule has 0 bridgehead atoms. The van der Waals surface area contributed by atoms with Crippen LogP contribution < -0.4 is 0 Å². The van der Waals surface area contributed by atoms with E-state index in [1.807, 2.05) is 12.2 Å². The number of thiophene rings is 1. The predicted molar refractivity (Wildman–Crippen MR) is 95.2 cm³/mol. The van der Waals surface area contributed by atoms with Gasteiger partial charge in [0, 0.05) is 31.3 Å². The molecule has 0 fully saturated rings. The summed E-state index contributed by atoms with van der Waals surface area (Å²) in [6, 6.07) is 2.13. The smallest absolute Gasteiger partial charge is 0.149 e. The maximum Gasteiger partial charge on any atom is 0.149 e. The number of hydrogen-bond acceptors (Lipinski definition) is 4. The van der Waals surface area contributed by atoms with Gasteiger partial charge in [-0.2, -0.15) is 0 Å². The van der Waals surface area contributed by atoms with E-state index in [1.54, 1.807) is 11.3 Å². The lowest BCUT2D eigenvalue weighted by atomic mass is 9.78. The van der Waals surface area contributed by atoms with Gasteiger partial charge in [-0.25, -0.2) is 0 Å². The molecule has 0 N–H and O–H groups in total. The van der Waals surface area contributed by atoms with Crippen molar-refractivity contribution in [3.05, 3.63) is 55.6 Å². The lowest BCUT2D eigenvalue weighted by Gasteiger charge is -2.35. The Morgan fingerprint density at radius 2 is 2.35 bits per heavy atom. The second-order valence-corrected chi connectivity index (χ2v) is 8.06. The number of hydrogen-bond donors (Lipinski definition) is 0. The highest BCUT2D eigenvalue weighted by molar-refractivity contribution is 9.10. The Morgan fingerprint density at radius 1 is 1.52 bits per heavy atom. The van der Waals surface area contributed by atoms with Gasteiger partial charge in [0.15, 0.2) is 0 Å². The fourth-order valence-electron chi connectivity index (χ4n) is 2.81. The number of fused-ring (bicyclic) bond motifs is 1. The molecule has 0 aromatic carbocycles. The van der Waals surface area contributed by atoms with Crippen LogP contribution in [0.25, 0.3) is 0 Å². The number of ether oxygens (including phenoxy) is 2. The van der Waals surface area contributed by atoms with Crippen LogP contribution in [0.4, 0.5) is 0 Å². The van der Waals surface area contributed by atoms with Crippen molar-refractivity contribution in [2.24, 2.45) is 5.41 Å². The molecule has 1 aromatic heterocycles. The molecule has 1 unspecified atom stereocenters. The third kappa shape index (κ3) is 3.45. The molecule has 23 heavy (non-hydrogen) atoms. The van der Waals surface area contributed by atoms with Crippen molar-refractivity contribution in [3.63, 3.8) is 0 Å². The molecule has 3 rings (SSSR count). The van der Waals surface area contributed by atoms with Crippen LogP contribution >= 0.6 is 27.3 Å². The molecule has 0 radical (unpaired) electrons. The van der Waals surface area contributed by atoms with Crippen molar-refractivity contribution >= 4 is 33.6 Å². The number of aldehydes is 1. The highest BCUT2D eigenvalue weighted by Gasteiger charge is 2.34. The van der Waals surface area contributed by atoms with Crippen LogP contribution in [0.15, 0.2) is 45.9 Å². The van der Waals surface area contributed by atoms with E-state index in [-0.39, 0.29) is 5.41 Å². The number of carbonyl (C=O) groups is 1. The molecular weight excluding hydrogens is 376 g/mol. The van der Waals surface area contributed by atoms with Gasteiger partial charge in [-0.15, -0.1) is 11.3 Å². The number of carbonyl (C=O) groups excluding carboxylic acids is 1. The molecule has 2 heterocycles. The minimum atomic E-state index is -0.233. The summed E-state index contributed by atoms with van der Waals surface area (Å²) in [7, 11) is 0. The average molecular weight is 395 g/mol. The lowest BCUT2D eigenvalue weighted by Crippen LogP contribution is -2.27. The molecule has 5 heteroatoms. The van der Waals surface area contributed by atoms with Crippen LogP contribution in [0.3, 0.4) is 0 Å². The zero-order valence-electron chi connectivity index (χ0n) is 13.2. The fraction of sp³-hybridized carbons (Fsp3) is 0.389. The predicted octanol–water partition coefficient (Wildman–Crippen LogP) is 4.92. The van der Waals surface area contributed by atoms with E-state index in [2.05, 4.69) is 41.9 Å². The maximum absolute atomic E-state index is 10.9. The van der Waals surface area contributed by atoms with Gasteiger partial charge in [0.2, 0.25) is 0 Å².